The van der Waals surface area contributed by atoms with E-state index in [-0.39, 0.29) is 18.9 Å². The summed E-state index contributed by atoms with van der Waals surface area (Å²) < 4.78 is 0. The first-order valence-electron chi connectivity index (χ1n) is 7.20. The lowest BCUT2D eigenvalue weighted by atomic mass is 9.85. The molecule has 1 saturated heterocycles. The zero-order chi connectivity index (χ0) is 15.1. The van der Waals surface area contributed by atoms with Gasteiger partial charge in [-0.05, 0) is 6.42 Å². The van der Waals surface area contributed by atoms with E-state index in [1.807, 2.05) is 0 Å². The van der Waals surface area contributed by atoms with Gasteiger partial charge in [-0.1, -0.05) is 32.6 Å². The zero-order valence-corrected chi connectivity index (χ0v) is 11.9. The van der Waals surface area contributed by atoms with Gasteiger partial charge in [0.15, 0.2) is 0 Å². The van der Waals surface area contributed by atoms with Crippen molar-refractivity contribution in [2.24, 2.45) is 11.8 Å². The number of hydrogen-bond donors (Lipinski definition) is 2. The van der Waals surface area contributed by atoms with E-state index < -0.39 is 23.8 Å². The van der Waals surface area contributed by atoms with Crippen molar-refractivity contribution in [1.29, 1.82) is 0 Å². The molecule has 0 spiro atoms. The van der Waals surface area contributed by atoms with E-state index in [1.54, 1.807) is 0 Å². The van der Waals surface area contributed by atoms with Crippen LogP contribution in [-0.4, -0.2) is 46.0 Å². The van der Waals surface area contributed by atoms with Gasteiger partial charge in [0, 0.05) is 19.5 Å². The summed E-state index contributed by atoms with van der Waals surface area (Å²) in [6, 6.07) is 0. The molecule has 2 atom stereocenters. The van der Waals surface area contributed by atoms with Crippen molar-refractivity contribution in [3.05, 3.63) is 0 Å². The lowest BCUT2D eigenvalue weighted by Crippen LogP contribution is -2.49. The van der Waals surface area contributed by atoms with Gasteiger partial charge >= 0.3 is 11.9 Å². The quantitative estimate of drug-likeness (QED) is 0.660. The van der Waals surface area contributed by atoms with Crippen LogP contribution in [0.1, 0.15) is 45.4 Å². The summed E-state index contributed by atoms with van der Waals surface area (Å²) in [6.07, 6.45) is 5.06. The first kappa shape index (κ1) is 16.5. The number of piperidine rings is 1. The number of likely N-dealkylation sites (tertiary alicyclic amines) is 1. The van der Waals surface area contributed by atoms with Gasteiger partial charge in [0.2, 0.25) is 5.91 Å². The Morgan fingerprint density at radius 3 is 2.25 bits per heavy atom. The van der Waals surface area contributed by atoms with E-state index >= 15 is 0 Å². The predicted molar refractivity (Wildman–Crippen MR) is 72.2 cm³/mol. The summed E-state index contributed by atoms with van der Waals surface area (Å²) in [6.45, 7) is 2.66. The van der Waals surface area contributed by atoms with Crippen molar-refractivity contribution >= 4 is 17.8 Å². The fourth-order valence-corrected chi connectivity index (χ4v) is 2.56. The molecule has 1 rings (SSSR count). The SMILES string of the molecule is CCCCCCCN1CC(C(=O)O)C(C(=O)O)CC1=O. The fraction of sp³-hybridized carbons (Fsp3) is 0.786. The van der Waals surface area contributed by atoms with E-state index in [9.17, 15) is 14.4 Å². The van der Waals surface area contributed by atoms with Crippen molar-refractivity contribution in [2.45, 2.75) is 45.4 Å². The molecule has 1 heterocycles. The smallest absolute Gasteiger partial charge is 0.309 e. The van der Waals surface area contributed by atoms with Crippen LogP contribution in [0.3, 0.4) is 0 Å². The summed E-state index contributed by atoms with van der Waals surface area (Å²) >= 11 is 0. The molecule has 0 aromatic heterocycles. The minimum Gasteiger partial charge on any atom is -0.481 e. The number of rotatable bonds is 8. The standard InChI is InChI=1S/C14H23NO5/c1-2-3-4-5-6-7-15-9-11(14(19)20)10(13(17)18)8-12(15)16/h10-11H,2-9H2,1H3,(H,17,18)(H,19,20). The van der Waals surface area contributed by atoms with Crippen molar-refractivity contribution < 1.29 is 24.6 Å². The molecular formula is C14H23NO5. The monoisotopic (exact) mass is 285 g/mol. The van der Waals surface area contributed by atoms with Crippen molar-refractivity contribution in [3.63, 3.8) is 0 Å². The van der Waals surface area contributed by atoms with Crippen LogP contribution in [0.15, 0.2) is 0 Å². The Morgan fingerprint density at radius 1 is 1.10 bits per heavy atom. The van der Waals surface area contributed by atoms with Crippen LogP contribution < -0.4 is 0 Å². The second-order valence-corrected chi connectivity index (χ2v) is 5.35. The van der Waals surface area contributed by atoms with Gasteiger partial charge in [-0.2, -0.15) is 0 Å². The molecule has 6 heteroatoms. The Morgan fingerprint density at radius 2 is 1.70 bits per heavy atom. The van der Waals surface area contributed by atoms with Gasteiger partial charge in [-0.3, -0.25) is 14.4 Å². The molecule has 0 bridgehead atoms. The summed E-state index contributed by atoms with van der Waals surface area (Å²) in [7, 11) is 0. The third-order valence-corrected chi connectivity index (χ3v) is 3.82. The van der Waals surface area contributed by atoms with Gasteiger partial charge < -0.3 is 15.1 Å². The molecule has 0 aromatic rings. The number of aliphatic carboxylic acids is 2. The van der Waals surface area contributed by atoms with E-state index in [4.69, 9.17) is 10.2 Å². The third-order valence-electron chi connectivity index (χ3n) is 3.82. The molecular weight excluding hydrogens is 262 g/mol. The number of amides is 1. The van der Waals surface area contributed by atoms with Crippen molar-refractivity contribution in [3.8, 4) is 0 Å². The third kappa shape index (κ3) is 4.51. The van der Waals surface area contributed by atoms with Gasteiger partial charge in [0.25, 0.3) is 0 Å². The lowest BCUT2D eigenvalue weighted by Gasteiger charge is -2.34. The van der Waals surface area contributed by atoms with Crippen molar-refractivity contribution in [1.82, 2.24) is 4.90 Å². The van der Waals surface area contributed by atoms with E-state index in [2.05, 4.69) is 6.92 Å². The average Bonchev–Trinajstić information content (AvgIpc) is 2.39. The molecule has 1 aliphatic rings. The highest BCUT2D eigenvalue weighted by molar-refractivity contribution is 5.88. The number of nitrogens with zero attached hydrogens (tertiary/aromatic N) is 1. The highest BCUT2D eigenvalue weighted by Crippen LogP contribution is 2.25. The van der Waals surface area contributed by atoms with Gasteiger partial charge in [-0.15, -0.1) is 0 Å². The molecule has 0 aromatic carbocycles. The highest BCUT2D eigenvalue weighted by atomic mass is 16.4. The van der Waals surface area contributed by atoms with Crippen LogP contribution in [0.25, 0.3) is 0 Å². The van der Waals surface area contributed by atoms with Gasteiger partial charge in [-0.25, -0.2) is 0 Å². The van der Waals surface area contributed by atoms with Crippen LogP contribution in [-0.2, 0) is 14.4 Å². The Balaban J connectivity index is 2.51. The molecule has 2 N–H and O–H groups in total. The molecule has 1 aliphatic heterocycles. The number of carboxylic acid groups (broad SMARTS) is 2. The predicted octanol–water partition coefficient (Wildman–Crippen LogP) is 1.59. The van der Waals surface area contributed by atoms with E-state index in [0.29, 0.717) is 6.54 Å². The molecule has 1 amide bonds. The minimum atomic E-state index is -1.20. The Labute approximate surface area is 118 Å². The molecule has 0 radical (unpaired) electrons. The molecule has 6 nitrogen and oxygen atoms in total. The summed E-state index contributed by atoms with van der Waals surface area (Å²) in [4.78, 5) is 35.5. The number of hydrogen-bond acceptors (Lipinski definition) is 3. The van der Waals surface area contributed by atoms with Crippen molar-refractivity contribution in [2.75, 3.05) is 13.1 Å². The molecule has 2 unspecified atom stereocenters. The van der Waals surface area contributed by atoms with E-state index in [0.717, 1.165) is 32.1 Å². The molecule has 0 aliphatic carbocycles. The Hall–Kier alpha value is -1.59. The van der Waals surface area contributed by atoms with E-state index in [1.165, 1.54) is 4.90 Å². The number of carboxylic acids is 2. The number of carbonyl (C=O) groups is 3. The maximum atomic E-state index is 11.9. The minimum absolute atomic E-state index is 0.0128. The second-order valence-electron chi connectivity index (χ2n) is 5.35. The Bertz CT molecular complexity index is 369. The highest BCUT2D eigenvalue weighted by Gasteiger charge is 2.42. The maximum absolute atomic E-state index is 11.9. The molecule has 1 fully saturated rings. The maximum Gasteiger partial charge on any atom is 0.309 e. The van der Waals surface area contributed by atoms with Crippen LogP contribution in [0.4, 0.5) is 0 Å². The topological polar surface area (TPSA) is 94.9 Å². The first-order valence-corrected chi connectivity index (χ1v) is 7.20. The Kier molecular flexibility index (Phi) is 6.48. The molecule has 0 saturated carbocycles. The first-order chi connectivity index (χ1) is 9.47. The normalized spacial score (nSPS) is 22.9. The van der Waals surface area contributed by atoms with Crippen LogP contribution in [0.2, 0.25) is 0 Å². The van der Waals surface area contributed by atoms with Crippen LogP contribution >= 0.6 is 0 Å². The van der Waals surface area contributed by atoms with Gasteiger partial charge in [0.1, 0.15) is 0 Å². The second kappa shape index (κ2) is 7.87. The molecule has 114 valence electrons. The fourth-order valence-electron chi connectivity index (χ4n) is 2.56. The zero-order valence-electron chi connectivity index (χ0n) is 11.9. The lowest BCUT2D eigenvalue weighted by molar-refractivity contribution is -0.161. The van der Waals surface area contributed by atoms with Crippen LogP contribution in [0.5, 0.6) is 0 Å². The number of unbranched alkanes of at least 4 members (excludes halogenated alkanes) is 4. The summed E-state index contributed by atoms with van der Waals surface area (Å²) in [5.41, 5.74) is 0. The summed E-state index contributed by atoms with van der Waals surface area (Å²) in [5.74, 6) is -4.68. The van der Waals surface area contributed by atoms with Gasteiger partial charge in [0.05, 0.1) is 11.8 Å². The summed E-state index contributed by atoms with van der Waals surface area (Å²) in [5, 5.41) is 18.1. The number of carbonyl (C=O) groups excluding carboxylic acids is 1. The van der Waals surface area contributed by atoms with Crippen LogP contribution in [0, 0.1) is 11.8 Å². The molecule has 20 heavy (non-hydrogen) atoms. The largest absolute Gasteiger partial charge is 0.481 e. The average molecular weight is 285 g/mol.